The van der Waals surface area contributed by atoms with Gasteiger partial charge in [-0.1, -0.05) is 23.2 Å². The van der Waals surface area contributed by atoms with Gasteiger partial charge in [-0.3, -0.25) is 19.3 Å². The Hall–Kier alpha value is -2.32. The third kappa shape index (κ3) is 5.60. The molecule has 0 radical (unpaired) electrons. The second-order valence-electron chi connectivity index (χ2n) is 5.59. The predicted molar refractivity (Wildman–Crippen MR) is 95.0 cm³/mol. The quantitative estimate of drug-likeness (QED) is 0.538. The van der Waals surface area contributed by atoms with E-state index in [9.17, 15) is 19.2 Å². The zero-order chi connectivity index (χ0) is 19.3. The maximum Gasteiger partial charge on any atom is 0.324 e. The van der Waals surface area contributed by atoms with E-state index in [2.05, 4.69) is 10.6 Å². The van der Waals surface area contributed by atoms with E-state index >= 15 is 0 Å². The van der Waals surface area contributed by atoms with Gasteiger partial charge in [0.2, 0.25) is 5.91 Å². The number of ether oxygens (including phenoxy) is 1. The van der Waals surface area contributed by atoms with Crippen molar-refractivity contribution in [3.63, 3.8) is 0 Å². The summed E-state index contributed by atoms with van der Waals surface area (Å²) in [5.74, 6) is -1.48. The lowest BCUT2D eigenvalue weighted by Crippen LogP contribution is -2.33. The SMILES string of the molecule is C[C@H](OC(=O)CCCN1C(=O)CNC1=O)C(=O)Nc1cc(Cl)cc(Cl)c1. The Labute approximate surface area is 159 Å². The van der Waals surface area contributed by atoms with Crippen LogP contribution in [0, 0.1) is 0 Å². The van der Waals surface area contributed by atoms with Crippen molar-refractivity contribution in [2.75, 3.05) is 18.4 Å². The summed E-state index contributed by atoms with van der Waals surface area (Å²) in [6, 6.07) is 4.07. The highest BCUT2D eigenvalue weighted by Gasteiger charge is 2.28. The molecule has 1 heterocycles. The summed E-state index contributed by atoms with van der Waals surface area (Å²) in [7, 11) is 0. The van der Waals surface area contributed by atoms with Crippen molar-refractivity contribution in [1.82, 2.24) is 10.2 Å². The minimum Gasteiger partial charge on any atom is -0.453 e. The Kier molecular flexibility index (Phi) is 6.82. The number of urea groups is 1. The van der Waals surface area contributed by atoms with Gasteiger partial charge in [-0.15, -0.1) is 0 Å². The van der Waals surface area contributed by atoms with Crippen molar-refractivity contribution >= 4 is 52.7 Å². The van der Waals surface area contributed by atoms with E-state index in [1.807, 2.05) is 0 Å². The summed E-state index contributed by atoms with van der Waals surface area (Å²) in [4.78, 5) is 47.7. The van der Waals surface area contributed by atoms with Gasteiger partial charge < -0.3 is 15.4 Å². The van der Waals surface area contributed by atoms with Gasteiger partial charge in [0.1, 0.15) is 0 Å². The van der Waals surface area contributed by atoms with Gasteiger partial charge in [0.15, 0.2) is 6.10 Å². The average Bonchev–Trinajstić information content (AvgIpc) is 2.85. The standard InChI is InChI=1S/C16H17Cl2N3O5/c1-9(15(24)20-12-6-10(17)5-11(18)7-12)26-14(23)3-2-4-21-13(22)8-19-16(21)25/h5-7,9H,2-4,8H2,1H3,(H,19,25)(H,20,24)/t9-/m0/s1. The summed E-state index contributed by atoms with van der Waals surface area (Å²) in [5.41, 5.74) is 0.383. The highest BCUT2D eigenvalue weighted by Crippen LogP contribution is 2.22. The molecule has 1 saturated heterocycles. The number of hydrogen-bond acceptors (Lipinski definition) is 5. The number of carbonyl (C=O) groups is 4. The maximum atomic E-state index is 12.1. The summed E-state index contributed by atoms with van der Waals surface area (Å²) in [6.07, 6.45) is -0.814. The van der Waals surface area contributed by atoms with Crippen LogP contribution < -0.4 is 10.6 Å². The first-order valence-electron chi connectivity index (χ1n) is 7.81. The third-order valence-electron chi connectivity index (χ3n) is 3.51. The molecule has 1 atom stereocenters. The van der Waals surface area contributed by atoms with E-state index in [-0.39, 0.29) is 31.8 Å². The van der Waals surface area contributed by atoms with E-state index in [1.165, 1.54) is 25.1 Å². The highest BCUT2D eigenvalue weighted by molar-refractivity contribution is 6.35. The Morgan fingerprint density at radius 1 is 1.27 bits per heavy atom. The second-order valence-corrected chi connectivity index (χ2v) is 6.46. The van der Waals surface area contributed by atoms with Crippen molar-refractivity contribution in [2.45, 2.75) is 25.9 Å². The molecule has 0 saturated carbocycles. The van der Waals surface area contributed by atoms with Crippen LogP contribution in [0.1, 0.15) is 19.8 Å². The van der Waals surface area contributed by atoms with Crippen molar-refractivity contribution < 1.29 is 23.9 Å². The smallest absolute Gasteiger partial charge is 0.324 e. The number of amides is 4. The van der Waals surface area contributed by atoms with Crippen LogP contribution in [-0.2, 0) is 19.1 Å². The number of rotatable bonds is 7. The van der Waals surface area contributed by atoms with Gasteiger partial charge in [0, 0.05) is 28.7 Å². The largest absolute Gasteiger partial charge is 0.453 e. The number of esters is 1. The van der Waals surface area contributed by atoms with Gasteiger partial charge >= 0.3 is 12.0 Å². The fourth-order valence-corrected chi connectivity index (χ4v) is 2.77. The lowest BCUT2D eigenvalue weighted by atomic mass is 10.2. The maximum absolute atomic E-state index is 12.1. The van der Waals surface area contributed by atoms with Gasteiger partial charge in [-0.2, -0.15) is 0 Å². The topological polar surface area (TPSA) is 105 Å². The van der Waals surface area contributed by atoms with Crippen LogP contribution >= 0.6 is 23.2 Å². The summed E-state index contributed by atoms with van der Waals surface area (Å²) < 4.78 is 5.04. The number of nitrogens with one attached hydrogen (secondary N) is 2. The van der Waals surface area contributed by atoms with Crippen molar-refractivity contribution in [3.05, 3.63) is 28.2 Å². The van der Waals surface area contributed by atoms with E-state index in [0.29, 0.717) is 15.7 Å². The molecule has 2 rings (SSSR count). The number of imide groups is 1. The van der Waals surface area contributed by atoms with Gasteiger partial charge in [0.05, 0.1) is 6.54 Å². The molecule has 0 spiro atoms. The molecule has 10 heteroatoms. The van der Waals surface area contributed by atoms with E-state index in [4.69, 9.17) is 27.9 Å². The van der Waals surface area contributed by atoms with Gasteiger partial charge in [-0.25, -0.2) is 4.79 Å². The lowest BCUT2D eigenvalue weighted by molar-refractivity contribution is -0.153. The van der Waals surface area contributed by atoms with E-state index < -0.39 is 24.0 Å². The zero-order valence-corrected chi connectivity index (χ0v) is 15.4. The van der Waals surface area contributed by atoms with Crippen LogP contribution in [0.3, 0.4) is 0 Å². The zero-order valence-electron chi connectivity index (χ0n) is 13.9. The van der Waals surface area contributed by atoms with Crippen LogP contribution in [0.25, 0.3) is 0 Å². The average molecular weight is 402 g/mol. The normalized spacial score (nSPS) is 14.8. The van der Waals surface area contributed by atoms with E-state index in [0.717, 1.165) is 4.90 Å². The predicted octanol–water partition coefficient (Wildman–Crippen LogP) is 2.20. The fourth-order valence-electron chi connectivity index (χ4n) is 2.24. The highest BCUT2D eigenvalue weighted by atomic mass is 35.5. The minimum atomic E-state index is -1.03. The molecule has 1 aliphatic rings. The molecular formula is C16H17Cl2N3O5. The number of benzene rings is 1. The molecule has 1 aliphatic heterocycles. The first-order chi connectivity index (χ1) is 12.3. The minimum absolute atomic E-state index is 0.0301. The first-order valence-corrected chi connectivity index (χ1v) is 8.56. The Bertz CT molecular complexity index is 704. The number of carbonyl (C=O) groups excluding carboxylic acids is 4. The molecule has 1 aromatic carbocycles. The summed E-state index contributed by atoms with van der Waals surface area (Å²) in [5, 5.41) is 5.65. The molecular weight excluding hydrogens is 385 g/mol. The Morgan fingerprint density at radius 3 is 2.50 bits per heavy atom. The monoisotopic (exact) mass is 401 g/mol. The molecule has 1 aromatic rings. The number of nitrogens with zero attached hydrogens (tertiary/aromatic N) is 1. The second kappa shape index (κ2) is 8.86. The molecule has 4 amide bonds. The van der Waals surface area contributed by atoms with Crippen molar-refractivity contribution in [1.29, 1.82) is 0 Å². The molecule has 2 N–H and O–H groups in total. The summed E-state index contributed by atoms with van der Waals surface area (Å²) >= 11 is 11.7. The molecule has 0 unspecified atom stereocenters. The number of hydrogen-bond donors (Lipinski definition) is 2. The molecule has 0 bridgehead atoms. The lowest BCUT2D eigenvalue weighted by Gasteiger charge is -2.15. The number of halogens is 2. The number of anilines is 1. The first kappa shape index (κ1) is 20.0. The van der Waals surface area contributed by atoms with Crippen molar-refractivity contribution in [2.24, 2.45) is 0 Å². The summed E-state index contributed by atoms with van der Waals surface area (Å²) in [6.45, 7) is 1.51. The van der Waals surface area contributed by atoms with Crippen LogP contribution in [0.2, 0.25) is 10.0 Å². The molecule has 8 nitrogen and oxygen atoms in total. The third-order valence-corrected chi connectivity index (χ3v) is 3.94. The molecule has 140 valence electrons. The van der Waals surface area contributed by atoms with Gasteiger partial charge in [0.25, 0.3) is 5.91 Å². The molecule has 1 fully saturated rings. The molecule has 26 heavy (non-hydrogen) atoms. The van der Waals surface area contributed by atoms with E-state index in [1.54, 1.807) is 0 Å². The van der Waals surface area contributed by atoms with Gasteiger partial charge in [-0.05, 0) is 31.5 Å². The van der Waals surface area contributed by atoms with Crippen LogP contribution in [0.15, 0.2) is 18.2 Å². The molecule has 0 aromatic heterocycles. The van der Waals surface area contributed by atoms with Crippen LogP contribution in [0.5, 0.6) is 0 Å². The fraction of sp³-hybridized carbons (Fsp3) is 0.375. The van der Waals surface area contributed by atoms with Crippen LogP contribution in [0.4, 0.5) is 10.5 Å². The molecule has 0 aliphatic carbocycles. The Balaban J connectivity index is 1.76. The van der Waals surface area contributed by atoms with Crippen LogP contribution in [-0.4, -0.2) is 47.9 Å². The van der Waals surface area contributed by atoms with Crippen molar-refractivity contribution in [3.8, 4) is 0 Å². The Morgan fingerprint density at radius 2 is 1.92 bits per heavy atom.